The summed E-state index contributed by atoms with van der Waals surface area (Å²) in [7, 11) is 0. The van der Waals surface area contributed by atoms with Gasteiger partial charge in [-0.25, -0.2) is 4.79 Å². The van der Waals surface area contributed by atoms with E-state index < -0.39 is 6.10 Å². The fourth-order valence-corrected chi connectivity index (χ4v) is 3.63. The fraction of sp³-hybridized carbons (Fsp3) is 0.476. The summed E-state index contributed by atoms with van der Waals surface area (Å²) >= 11 is 0. The summed E-state index contributed by atoms with van der Waals surface area (Å²) < 4.78 is 10.5. The zero-order chi connectivity index (χ0) is 20.3. The number of carbonyl (C=O) groups is 3. The second-order valence-corrected chi connectivity index (χ2v) is 7.07. The molecule has 0 spiro atoms. The highest BCUT2D eigenvalue weighted by Crippen LogP contribution is 2.25. The zero-order valence-corrected chi connectivity index (χ0v) is 16.5. The zero-order valence-electron chi connectivity index (χ0n) is 16.5. The Hall–Kier alpha value is -2.83. The monoisotopic (exact) mass is 386 g/mol. The van der Waals surface area contributed by atoms with Crippen molar-refractivity contribution in [1.29, 1.82) is 0 Å². The summed E-state index contributed by atoms with van der Waals surface area (Å²) in [5.74, 6) is -0.917. The number of esters is 1. The van der Waals surface area contributed by atoms with Crippen molar-refractivity contribution >= 4 is 28.7 Å². The molecule has 1 amide bonds. The lowest BCUT2D eigenvalue weighted by Gasteiger charge is -2.30. The van der Waals surface area contributed by atoms with Gasteiger partial charge in [-0.2, -0.15) is 0 Å². The number of likely N-dealkylation sites (tertiary alicyclic amines) is 1. The Labute approximate surface area is 164 Å². The smallest absolute Gasteiger partial charge is 0.409 e. The van der Waals surface area contributed by atoms with Crippen LogP contribution in [-0.4, -0.2) is 53.5 Å². The normalized spacial score (nSPS) is 16.0. The molecule has 1 atom stereocenters. The molecule has 1 aromatic carbocycles. The number of benzene rings is 1. The molecular formula is C21H26N2O5. The first-order valence-electron chi connectivity index (χ1n) is 9.66. The molecule has 0 aliphatic carbocycles. The predicted octanol–water partition coefficient (Wildman–Crippen LogP) is 3.46. The second-order valence-electron chi connectivity index (χ2n) is 7.07. The Morgan fingerprint density at radius 2 is 1.89 bits per heavy atom. The van der Waals surface area contributed by atoms with Crippen molar-refractivity contribution in [3.8, 4) is 0 Å². The van der Waals surface area contributed by atoms with Crippen molar-refractivity contribution in [1.82, 2.24) is 9.88 Å². The van der Waals surface area contributed by atoms with E-state index in [0.717, 1.165) is 16.6 Å². The minimum Gasteiger partial charge on any atom is -0.454 e. The third kappa shape index (κ3) is 4.03. The number of aromatic nitrogens is 1. The van der Waals surface area contributed by atoms with Gasteiger partial charge in [0.05, 0.1) is 12.5 Å². The third-order valence-electron chi connectivity index (χ3n) is 5.16. The van der Waals surface area contributed by atoms with Gasteiger partial charge in [-0.05, 0) is 39.7 Å². The number of hydrogen-bond acceptors (Lipinski definition) is 5. The van der Waals surface area contributed by atoms with Crippen molar-refractivity contribution in [3.05, 3.63) is 35.5 Å². The van der Waals surface area contributed by atoms with E-state index >= 15 is 0 Å². The van der Waals surface area contributed by atoms with Crippen LogP contribution in [0.2, 0.25) is 0 Å². The molecule has 0 radical (unpaired) electrons. The van der Waals surface area contributed by atoms with Crippen LogP contribution in [0.15, 0.2) is 24.3 Å². The van der Waals surface area contributed by atoms with Gasteiger partial charge in [-0.15, -0.1) is 0 Å². The van der Waals surface area contributed by atoms with Crippen LogP contribution in [0.25, 0.3) is 10.9 Å². The number of H-pyrrole nitrogens is 1. The van der Waals surface area contributed by atoms with E-state index in [1.807, 2.05) is 31.2 Å². The largest absolute Gasteiger partial charge is 0.454 e. The molecule has 2 aromatic rings. The maximum atomic E-state index is 12.9. The number of nitrogens with one attached hydrogen (secondary N) is 1. The van der Waals surface area contributed by atoms with Gasteiger partial charge in [0, 0.05) is 35.2 Å². The van der Waals surface area contributed by atoms with Gasteiger partial charge in [0.25, 0.3) is 0 Å². The fourth-order valence-electron chi connectivity index (χ4n) is 3.63. The molecule has 1 aliphatic rings. The van der Waals surface area contributed by atoms with Gasteiger partial charge < -0.3 is 19.4 Å². The molecule has 150 valence electrons. The van der Waals surface area contributed by atoms with E-state index in [9.17, 15) is 14.4 Å². The maximum Gasteiger partial charge on any atom is 0.409 e. The van der Waals surface area contributed by atoms with Crippen LogP contribution >= 0.6 is 0 Å². The number of fused-ring (bicyclic) bond motifs is 1. The Balaban J connectivity index is 1.61. The number of nitrogens with zero attached hydrogens (tertiary/aromatic N) is 1. The average molecular weight is 386 g/mol. The summed E-state index contributed by atoms with van der Waals surface area (Å²) in [5.41, 5.74) is 2.21. The molecule has 0 bridgehead atoms. The number of aromatic amines is 1. The van der Waals surface area contributed by atoms with Gasteiger partial charge in [-0.1, -0.05) is 18.2 Å². The molecule has 28 heavy (non-hydrogen) atoms. The number of piperidine rings is 1. The van der Waals surface area contributed by atoms with Crippen LogP contribution in [0.5, 0.6) is 0 Å². The van der Waals surface area contributed by atoms with E-state index in [0.29, 0.717) is 38.1 Å². The Bertz CT molecular complexity index is 880. The summed E-state index contributed by atoms with van der Waals surface area (Å²) in [6.07, 6.45) is -0.212. The van der Waals surface area contributed by atoms with Gasteiger partial charge in [0.1, 0.15) is 0 Å². The number of ketones is 1. The number of carbonyl (C=O) groups excluding carboxylic acids is 3. The van der Waals surface area contributed by atoms with Crippen LogP contribution in [0.1, 0.15) is 42.7 Å². The van der Waals surface area contributed by atoms with E-state index in [1.165, 1.54) is 0 Å². The topological polar surface area (TPSA) is 88.7 Å². The highest BCUT2D eigenvalue weighted by Gasteiger charge is 2.31. The van der Waals surface area contributed by atoms with E-state index in [-0.39, 0.29) is 23.8 Å². The lowest BCUT2D eigenvalue weighted by molar-refractivity contribution is -0.152. The first-order chi connectivity index (χ1) is 13.4. The molecular weight excluding hydrogens is 360 g/mol. The van der Waals surface area contributed by atoms with Gasteiger partial charge >= 0.3 is 12.1 Å². The van der Waals surface area contributed by atoms with Crippen molar-refractivity contribution in [3.63, 3.8) is 0 Å². The number of amides is 1. The van der Waals surface area contributed by atoms with Crippen molar-refractivity contribution < 1.29 is 23.9 Å². The number of para-hydroxylation sites is 1. The SMILES string of the molecule is CCOC(=O)N1CCC(C(=O)O[C@H](C)C(=O)c2c(C)[nH]c3ccccc23)CC1. The summed E-state index contributed by atoms with van der Waals surface area (Å²) in [4.78, 5) is 42.0. The van der Waals surface area contributed by atoms with Crippen LogP contribution in [-0.2, 0) is 14.3 Å². The van der Waals surface area contributed by atoms with E-state index in [2.05, 4.69) is 4.98 Å². The number of aryl methyl sites for hydroxylation is 1. The minimum absolute atomic E-state index is 0.216. The first kappa shape index (κ1) is 19.9. The van der Waals surface area contributed by atoms with Gasteiger partial charge in [0.2, 0.25) is 5.78 Å². The predicted molar refractivity (Wildman–Crippen MR) is 104 cm³/mol. The Morgan fingerprint density at radius 1 is 1.21 bits per heavy atom. The molecule has 7 nitrogen and oxygen atoms in total. The highest BCUT2D eigenvalue weighted by atomic mass is 16.6. The number of hydrogen-bond donors (Lipinski definition) is 1. The summed E-state index contributed by atoms with van der Waals surface area (Å²) in [6.45, 7) is 6.43. The van der Waals surface area contributed by atoms with Crippen molar-refractivity contribution in [2.24, 2.45) is 5.92 Å². The quantitative estimate of drug-likeness (QED) is 0.628. The summed E-state index contributed by atoms with van der Waals surface area (Å²) in [5, 5.41) is 0.829. The molecule has 1 fully saturated rings. The van der Waals surface area contributed by atoms with Crippen molar-refractivity contribution in [2.45, 2.75) is 39.7 Å². The number of rotatable bonds is 5. The second kappa shape index (κ2) is 8.46. The van der Waals surface area contributed by atoms with Crippen LogP contribution < -0.4 is 0 Å². The molecule has 2 heterocycles. The minimum atomic E-state index is -0.867. The van der Waals surface area contributed by atoms with Gasteiger partial charge in [0.15, 0.2) is 6.10 Å². The molecule has 1 saturated heterocycles. The van der Waals surface area contributed by atoms with Crippen LogP contribution in [0.4, 0.5) is 4.79 Å². The number of Topliss-reactive ketones (excluding diaryl/α,β-unsaturated/α-hetero) is 1. The van der Waals surface area contributed by atoms with Crippen molar-refractivity contribution in [2.75, 3.05) is 19.7 Å². The van der Waals surface area contributed by atoms with Gasteiger partial charge in [-0.3, -0.25) is 9.59 Å². The molecule has 3 rings (SSSR count). The molecule has 1 N–H and O–H groups in total. The van der Waals surface area contributed by atoms with Crippen LogP contribution in [0.3, 0.4) is 0 Å². The lowest BCUT2D eigenvalue weighted by atomic mass is 9.97. The lowest BCUT2D eigenvalue weighted by Crippen LogP contribution is -2.41. The summed E-state index contributed by atoms with van der Waals surface area (Å²) in [6, 6.07) is 7.57. The molecule has 1 aliphatic heterocycles. The average Bonchev–Trinajstić information content (AvgIpc) is 3.03. The molecule has 0 saturated carbocycles. The number of ether oxygens (including phenoxy) is 2. The Morgan fingerprint density at radius 3 is 2.57 bits per heavy atom. The Kier molecular flexibility index (Phi) is 6.02. The van der Waals surface area contributed by atoms with E-state index in [4.69, 9.17) is 9.47 Å². The highest BCUT2D eigenvalue weighted by molar-refractivity contribution is 6.11. The standard InChI is InChI=1S/C21H26N2O5/c1-4-27-21(26)23-11-9-15(10-12-23)20(25)28-14(3)19(24)18-13(2)22-17-8-6-5-7-16(17)18/h5-8,14-15,22H,4,9-12H2,1-3H3/t14-/m1/s1. The maximum absolute atomic E-state index is 12.9. The molecule has 1 aromatic heterocycles. The first-order valence-corrected chi connectivity index (χ1v) is 9.66. The third-order valence-corrected chi connectivity index (χ3v) is 5.16. The molecule has 0 unspecified atom stereocenters. The molecule has 7 heteroatoms. The van der Waals surface area contributed by atoms with Crippen LogP contribution in [0, 0.1) is 12.8 Å². The van der Waals surface area contributed by atoms with E-state index in [1.54, 1.807) is 18.7 Å².